The van der Waals surface area contributed by atoms with Crippen LogP contribution in [0.25, 0.3) is 10.9 Å². The number of amides is 1. The number of carbonyl (C=O) groups is 1. The normalized spacial score (nSPS) is 19.2. The van der Waals surface area contributed by atoms with Crippen molar-refractivity contribution < 1.29 is 4.79 Å². The van der Waals surface area contributed by atoms with Gasteiger partial charge in [-0.25, -0.2) is 0 Å². The minimum atomic E-state index is 0.0185. The van der Waals surface area contributed by atoms with Crippen molar-refractivity contribution in [3.8, 4) is 0 Å². The minimum absolute atomic E-state index is 0.0185. The molecule has 1 atom stereocenters. The fourth-order valence-electron chi connectivity index (χ4n) is 2.42. The molecule has 1 aromatic heterocycles. The third kappa shape index (κ3) is 2.24. The number of benzene rings is 1. The number of fused-ring (bicyclic) bond motifs is 1. The average molecular weight is 243 g/mol. The van der Waals surface area contributed by atoms with Gasteiger partial charge in [-0.1, -0.05) is 0 Å². The molecular weight excluding hydrogens is 226 g/mol. The van der Waals surface area contributed by atoms with Gasteiger partial charge in [-0.15, -0.1) is 0 Å². The van der Waals surface area contributed by atoms with Gasteiger partial charge >= 0.3 is 0 Å². The Morgan fingerprint density at radius 3 is 3.17 bits per heavy atom. The smallest absolute Gasteiger partial charge is 0.251 e. The molecule has 2 aromatic rings. The molecule has 1 aromatic carbocycles. The summed E-state index contributed by atoms with van der Waals surface area (Å²) >= 11 is 0. The van der Waals surface area contributed by atoms with Gasteiger partial charge in [-0.05, 0) is 49.7 Å². The van der Waals surface area contributed by atoms with E-state index in [0.29, 0.717) is 5.92 Å². The predicted molar refractivity (Wildman–Crippen MR) is 71.6 cm³/mol. The molecule has 3 N–H and O–H groups in total. The summed E-state index contributed by atoms with van der Waals surface area (Å²) in [6, 6.07) is 7.71. The van der Waals surface area contributed by atoms with Gasteiger partial charge in [0.1, 0.15) is 0 Å². The highest BCUT2D eigenvalue weighted by Gasteiger charge is 2.15. The first-order valence-corrected chi connectivity index (χ1v) is 6.39. The van der Waals surface area contributed by atoms with Crippen molar-refractivity contribution in [1.82, 2.24) is 15.6 Å². The first kappa shape index (κ1) is 11.3. The molecule has 94 valence electrons. The highest BCUT2D eigenvalue weighted by Crippen LogP contribution is 2.14. The van der Waals surface area contributed by atoms with E-state index in [2.05, 4.69) is 15.6 Å². The van der Waals surface area contributed by atoms with Crippen molar-refractivity contribution in [2.45, 2.75) is 6.42 Å². The summed E-state index contributed by atoms with van der Waals surface area (Å²) in [4.78, 5) is 15.1. The van der Waals surface area contributed by atoms with Gasteiger partial charge in [0.25, 0.3) is 5.91 Å². The summed E-state index contributed by atoms with van der Waals surface area (Å²) in [6.07, 6.45) is 3.04. The number of carbonyl (C=O) groups excluding carboxylic acids is 1. The fraction of sp³-hybridized carbons (Fsp3) is 0.357. The summed E-state index contributed by atoms with van der Waals surface area (Å²) < 4.78 is 0. The van der Waals surface area contributed by atoms with E-state index in [4.69, 9.17) is 0 Å². The minimum Gasteiger partial charge on any atom is -0.361 e. The molecule has 1 amide bonds. The molecule has 0 aliphatic carbocycles. The van der Waals surface area contributed by atoms with Crippen LogP contribution in [0.5, 0.6) is 0 Å². The Labute approximate surface area is 106 Å². The van der Waals surface area contributed by atoms with E-state index in [-0.39, 0.29) is 5.91 Å². The molecule has 2 heterocycles. The number of hydrogen-bond acceptors (Lipinski definition) is 2. The van der Waals surface area contributed by atoms with Crippen molar-refractivity contribution in [2.24, 2.45) is 5.92 Å². The lowest BCUT2D eigenvalue weighted by atomic mass is 10.1. The van der Waals surface area contributed by atoms with Crippen molar-refractivity contribution in [3.05, 3.63) is 36.0 Å². The van der Waals surface area contributed by atoms with Crippen LogP contribution in [0.4, 0.5) is 0 Å². The van der Waals surface area contributed by atoms with Gasteiger partial charge < -0.3 is 15.6 Å². The van der Waals surface area contributed by atoms with Crippen LogP contribution in [-0.2, 0) is 0 Å². The molecule has 1 aliphatic rings. The number of rotatable bonds is 3. The Bertz CT molecular complexity index is 555. The lowest BCUT2D eigenvalue weighted by Gasteiger charge is -2.10. The Hall–Kier alpha value is -1.81. The third-order valence-electron chi connectivity index (χ3n) is 3.53. The van der Waals surface area contributed by atoms with Crippen LogP contribution < -0.4 is 10.6 Å². The number of H-pyrrole nitrogens is 1. The number of aromatic amines is 1. The van der Waals surface area contributed by atoms with E-state index in [1.165, 1.54) is 0 Å². The van der Waals surface area contributed by atoms with E-state index in [0.717, 1.165) is 42.5 Å². The van der Waals surface area contributed by atoms with Gasteiger partial charge in [0, 0.05) is 29.2 Å². The molecule has 0 radical (unpaired) electrons. The van der Waals surface area contributed by atoms with E-state index < -0.39 is 0 Å². The van der Waals surface area contributed by atoms with Gasteiger partial charge in [0.2, 0.25) is 0 Å². The zero-order valence-corrected chi connectivity index (χ0v) is 10.2. The van der Waals surface area contributed by atoms with Crippen molar-refractivity contribution in [1.29, 1.82) is 0 Å². The molecule has 1 aliphatic heterocycles. The van der Waals surface area contributed by atoms with Gasteiger partial charge in [0.05, 0.1) is 0 Å². The van der Waals surface area contributed by atoms with Crippen LogP contribution in [0.2, 0.25) is 0 Å². The summed E-state index contributed by atoms with van der Waals surface area (Å²) in [5, 5.41) is 7.38. The maximum atomic E-state index is 12.0. The predicted octanol–water partition coefficient (Wildman–Crippen LogP) is 1.51. The van der Waals surface area contributed by atoms with E-state index in [1.807, 2.05) is 30.5 Å². The topological polar surface area (TPSA) is 56.9 Å². The highest BCUT2D eigenvalue weighted by atomic mass is 16.1. The SMILES string of the molecule is O=C(NCC1CCNC1)c1ccc2[nH]ccc2c1. The quantitative estimate of drug-likeness (QED) is 0.765. The third-order valence-corrected chi connectivity index (χ3v) is 3.53. The molecule has 18 heavy (non-hydrogen) atoms. The van der Waals surface area contributed by atoms with Gasteiger partial charge in [-0.2, -0.15) is 0 Å². The average Bonchev–Trinajstić information content (AvgIpc) is 3.05. The van der Waals surface area contributed by atoms with Crippen LogP contribution in [0.15, 0.2) is 30.5 Å². The van der Waals surface area contributed by atoms with Crippen LogP contribution >= 0.6 is 0 Å². The maximum Gasteiger partial charge on any atom is 0.251 e. The summed E-state index contributed by atoms with van der Waals surface area (Å²) in [5.41, 5.74) is 1.79. The van der Waals surface area contributed by atoms with Crippen LogP contribution in [0.3, 0.4) is 0 Å². The van der Waals surface area contributed by atoms with E-state index in [1.54, 1.807) is 0 Å². The van der Waals surface area contributed by atoms with Crippen molar-refractivity contribution >= 4 is 16.8 Å². The molecule has 1 fully saturated rings. The first-order valence-electron chi connectivity index (χ1n) is 6.39. The standard InChI is InChI=1S/C14H17N3O/c18-14(17-9-10-3-5-15-8-10)12-1-2-13-11(7-12)4-6-16-13/h1-2,4,6-7,10,15-16H,3,5,8-9H2,(H,17,18). The van der Waals surface area contributed by atoms with Crippen LogP contribution in [-0.4, -0.2) is 30.5 Å². The molecule has 1 unspecified atom stereocenters. The van der Waals surface area contributed by atoms with Crippen LogP contribution in [0.1, 0.15) is 16.8 Å². The Balaban J connectivity index is 1.67. The Morgan fingerprint density at radius 2 is 2.33 bits per heavy atom. The first-order chi connectivity index (χ1) is 8.83. The zero-order chi connectivity index (χ0) is 12.4. The van der Waals surface area contributed by atoms with Gasteiger partial charge in [0.15, 0.2) is 0 Å². The second kappa shape index (κ2) is 4.82. The molecule has 0 spiro atoms. The Morgan fingerprint density at radius 1 is 1.39 bits per heavy atom. The highest BCUT2D eigenvalue weighted by molar-refractivity contribution is 5.98. The summed E-state index contributed by atoms with van der Waals surface area (Å²) in [7, 11) is 0. The van der Waals surface area contributed by atoms with Crippen molar-refractivity contribution in [3.63, 3.8) is 0 Å². The number of hydrogen-bond donors (Lipinski definition) is 3. The molecule has 0 saturated carbocycles. The number of nitrogens with one attached hydrogen (secondary N) is 3. The van der Waals surface area contributed by atoms with Crippen molar-refractivity contribution in [2.75, 3.05) is 19.6 Å². The monoisotopic (exact) mass is 243 g/mol. The van der Waals surface area contributed by atoms with E-state index >= 15 is 0 Å². The summed E-state index contributed by atoms with van der Waals surface area (Å²) in [6.45, 7) is 2.84. The maximum absolute atomic E-state index is 12.0. The van der Waals surface area contributed by atoms with E-state index in [9.17, 15) is 4.79 Å². The lowest BCUT2D eigenvalue weighted by molar-refractivity contribution is 0.0948. The summed E-state index contributed by atoms with van der Waals surface area (Å²) in [5.74, 6) is 0.593. The fourth-order valence-corrected chi connectivity index (χ4v) is 2.42. The largest absolute Gasteiger partial charge is 0.361 e. The Kier molecular flexibility index (Phi) is 3.02. The second-order valence-electron chi connectivity index (χ2n) is 4.85. The number of aromatic nitrogens is 1. The zero-order valence-electron chi connectivity index (χ0n) is 10.2. The molecule has 0 bridgehead atoms. The molecule has 4 nitrogen and oxygen atoms in total. The second-order valence-corrected chi connectivity index (χ2v) is 4.85. The van der Waals surface area contributed by atoms with Crippen LogP contribution in [0, 0.1) is 5.92 Å². The molecule has 4 heteroatoms. The molecule has 1 saturated heterocycles. The molecule has 3 rings (SSSR count). The lowest BCUT2D eigenvalue weighted by Crippen LogP contribution is -2.30. The van der Waals surface area contributed by atoms with Gasteiger partial charge in [-0.3, -0.25) is 4.79 Å². The molecular formula is C14H17N3O.